The molecule has 0 heterocycles. The molecule has 0 bridgehead atoms. The summed E-state index contributed by atoms with van der Waals surface area (Å²) in [5.41, 5.74) is 0. The van der Waals surface area contributed by atoms with Crippen LogP contribution in [-0.4, -0.2) is 35.6 Å². The van der Waals surface area contributed by atoms with Crippen LogP contribution in [0.15, 0.2) is 0 Å². The minimum atomic E-state index is -0.712. The second-order valence-corrected chi connectivity index (χ2v) is 4.61. The molecule has 3 atom stereocenters. The van der Waals surface area contributed by atoms with E-state index in [1.807, 2.05) is 0 Å². The molecule has 3 nitrogen and oxygen atoms in total. The highest BCUT2D eigenvalue weighted by molar-refractivity contribution is 4.73. The van der Waals surface area contributed by atoms with Crippen molar-refractivity contribution in [3.05, 3.63) is 0 Å². The molecule has 15 heavy (non-hydrogen) atoms. The van der Waals surface area contributed by atoms with Crippen molar-refractivity contribution in [2.45, 2.75) is 57.7 Å². The van der Waals surface area contributed by atoms with Crippen LogP contribution in [0.2, 0.25) is 0 Å². The van der Waals surface area contributed by atoms with E-state index in [4.69, 9.17) is 9.84 Å². The summed E-state index contributed by atoms with van der Waals surface area (Å²) in [5, 5.41) is 17.9. The number of aliphatic hydroxyl groups excluding tert-OH is 2. The summed E-state index contributed by atoms with van der Waals surface area (Å²) in [6.45, 7) is 2.30. The molecule has 0 spiro atoms. The molecule has 3 heteroatoms. The van der Waals surface area contributed by atoms with Gasteiger partial charge in [0.25, 0.3) is 0 Å². The molecule has 0 aromatic rings. The third kappa shape index (κ3) is 4.96. The SMILES string of the molecule is CCCC1CCCC(OCC(O)CO)C1. The lowest BCUT2D eigenvalue weighted by Crippen LogP contribution is -2.28. The molecule has 1 saturated carbocycles. The first kappa shape index (κ1) is 12.9. The highest BCUT2D eigenvalue weighted by Crippen LogP contribution is 2.29. The Morgan fingerprint density at radius 3 is 2.87 bits per heavy atom. The first-order valence-electron chi connectivity index (χ1n) is 6.16. The van der Waals surface area contributed by atoms with Crippen molar-refractivity contribution >= 4 is 0 Å². The van der Waals surface area contributed by atoms with Crippen LogP contribution in [-0.2, 0) is 4.74 Å². The lowest BCUT2D eigenvalue weighted by Gasteiger charge is -2.29. The molecular weight excluding hydrogens is 192 g/mol. The van der Waals surface area contributed by atoms with Crippen LogP contribution < -0.4 is 0 Å². The second-order valence-electron chi connectivity index (χ2n) is 4.61. The van der Waals surface area contributed by atoms with E-state index in [1.54, 1.807) is 0 Å². The number of hydrogen-bond acceptors (Lipinski definition) is 3. The van der Waals surface area contributed by atoms with Crippen molar-refractivity contribution in [1.82, 2.24) is 0 Å². The van der Waals surface area contributed by atoms with Crippen LogP contribution >= 0.6 is 0 Å². The predicted octanol–water partition coefficient (Wildman–Crippen LogP) is 1.72. The Hall–Kier alpha value is -0.120. The van der Waals surface area contributed by atoms with E-state index >= 15 is 0 Å². The molecule has 0 amide bonds. The molecule has 1 rings (SSSR count). The van der Waals surface area contributed by atoms with Gasteiger partial charge in [-0.1, -0.05) is 32.6 Å². The van der Waals surface area contributed by atoms with Gasteiger partial charge < -0.3 is 14.9 Å². The topological polar surface area (TPSA) is 49.7 Å². The van der Waals surface area contributed by atoms with E-state index in [2.05, 4.69) is 6.92 Å². The van der Waals surface area contributed by atoms with Crippen molar-refractivity contribution in [1.29, 1.82) is 0 Å². The van der Waals surface area contributed by atoms with E-state index in [0.717, 1.165) is 18.8 Å². The zero-order chi connectivity index (χ0) is 11.1. The molecule has 0 aromatic carbocycles. The Labute approximate surface area is 92.4 Å². The molecule has 1 fully saturated rings. The van der Waals surface area contributed by atoms with Gasteiger partial charge in [0.05, 0.1) is 19.3 Å². The number of ether oxygens (including phenoxy) is 1. The van der Waals surface area contributed by atoms with Gasteiger partial charge in [0.1, 0.15) is 6.10 Å². The largest absolute Gasteiger partial charge is 0.394 e. The quantitative estimate of drug-likeness (QED) is 0.710. The normalized spacial score (nSPS) is 29.0. The lowest BCUT2D eigenvalue weighted by molar-refractivity contribution is -0.0473. The van der Waals surface area contributed by atoms with E-state index in [9.17, 15) is 5.11 Å². The average molecular weight is 216 g/mol. The zero-order valence-corrected chi connectivity index (χ0v) is 9.69. The molecule has 0 aliphatic heterocycles. The Morgan fingerprint density at radius 1 is 1.40 bits per heavy atom. The van der Waals surface area contributed by atoms with Gasteiger partial charge in [0.2, 0.25) is 0 Å². The third-order valence-corrected chi connectivity index (χ3v) is 3.17. The minimum Gasteiger partial charge on any atom is -0.394 e. The van der Waals surface area contributed by atoms with Gasteiger partial charge in [-0.15, -0.1) is 0 Å². The van der Waals surface area contributed by atoms with Gasteiger partial charge in [0.15, 0.2) is 0 Å². The molecule has 0 aromatic heterocycles. The lowest BCUT2D eigenvalue weighted by atomic mass is 9.84. The fraction of sp³-hybridized carbons (Fsp3) is 1.00. The summed E-state index contributed by atoms with van der Waals surface area (Å²) in [5.74, 6) is 0.806. The Kier molecular flexibility index (Phi) is 6.22. The summed E-state index contributed by atoms with van der Waals surface area (Å²) in [4.78, 5) is 0. The Morgan fingerprint density at radius 2 is 2.20 bits per heavy atom. The van der Waals surface area contributed by atoms with Crippen LogP contribution in [0.1, 0.15) is 45.4 Å². The van der Waals surface area contributed by atoms with Crippen molar-refractivity contribution in [3.63, 3.8) is 0 Å². The van der Waals surface area contributed by atoms with Crippen LogP contribution in [0, 0.1) is 5.92 Å². The average Bonchev–Trinajstić information content (AvgIpc) is 2.27. The van der Waals surface area contributed by atoms with Crippen molar-refractivity contribution in [3.8, 4) is 0 Å². The molecule has 3 unspecified atom stereocenters. The second kappa shape index (κ2) is 7.20. The third-order valence-electron chi connectivity index (χ3n) is 3.17. The van der Waals surface area contributed by atoms with Gasteiger partial charge in [-0.2, -0.15) is 0 Å². The molecule has 0 radical (unpaired) electrons. The predicted molar refractivity (Wildman–Crippen MR) is 59.7 cm³/mol. The number of aliphatic hydroxyl groups is 2. The van der Waals surface area contributed by atoms with Crippen molar-refractivity contribution in [2.75, 3.05) is 13.2 Å². The van der Waals surface area contributed by atoms with Crippen LogP contribution in [0.3, 0.4) is 0 Å². The van der Waals surface area contributed by atoms with E-state index in [-0.39, 0.29) is 13.2 Å². The standard InChI is InChI=1S/C12H24O3/c1-2-4-10-5-3-6-12(7-10)15-9-11(14)8-13/h10-14H,2-9H2,1H3. The molecule has 90 valence electrons. The number of rotatable bonds is 6. The van der Waals surface area contributed by atoms with Crippen molar-refractivity contribution in [2.24, 2.45) is 5.92 Å². The fourth-order valence-corrected chi connectivity index (χ4v) is 2.36. The van der Waals surface area contributed by atoms with Crippen molar-refractivity contribution < 1.29 is 14.9 Å². The monoisotopic (exact) mass is 216 g/mol. The van der Waals surface area contributed by atoms with Gasteiger partial charge >= 0.3 is 0 Å². The van der Waals surface area contributed by atoms with Crippen LogP contribution in [0.5, 0.6) is 0 Å². The van der Waals surface area contributed by atoms with E-state index in [0.29, 0.717) is 6.10 Å². The highest BCUT2D eigenvalue weighted by atomic mass is 16.5. The summed E-state index contributed by atoms with van der Waals surface area (Å²) in [6, 6.07) is 0. The minimum absolute atomic E-state index is 0.203. The highest BCUT2D eigenvalue weighted by Gasteiger charge is 2.22. The van der Waals surface area contributed by atoms with E-state index < -0.39 is 6.10 Å². The first-order valence-corrected chi connectivity index (χ1v) is 6.16. The number of hydrogen-bond donors (Lipinski definition) is 2. The maximum Gasteiger partial charge on any atom is 0.100 e. The molecule has 0 saturated heterocycles. The molecule has 1 aliphatic carbocycles. The summed E-state index contributed by atoms with van der Waals surface area (Å²) >= 11 is 0. The summed E-state index contributed by atoms with van der Waals surface area (Å²) in [7, 11) is 0. The maximum absolute atomic E-state index is 9.18. The van der Waals surface area contributed by atoms with Gasteiger partial charge in [-0.3, -0.25) is 0 Å². The zero-order valence-electron chi connectivity index (χ0n) is 9.69. The maximum atomic E-state index is 9.18. The first-order chi connectivity index (χ1) is 7.26. The summed E-state index contributed by atoms with van der Waals surface area (Å²) in [6.07, 6.45) is 6.94. The Balaban J connectivity index is 2.18. The van der Waals surface area contributed by atoms with Gasteiger partial charge in [-0.05, 0) is 18.8 Å². The Bertz CT molecular complexity index is 159. The molecule has 2 N–H and O–H groups in total. The smallest absolute Gasteiger partial charge is 0.100 e. The van der Waals surface area contributed by atoms with Crippen LogP contribution in [0.25, 0.3) is 0 Å². The summed E-state index contributed by atoms with van der Waals surface area (Å²) < 4.78 is 5.60. The van der Waals surface area contributed by atoms with Gasteiger partial charge in [0, 0.05) is 0 Å². The molecule has 1 aliphatic rings. The molecular formula is C12H24O3. The fourth-order valence-electron chi connectivity index (χ4n) is 2.36. The van der Waals surface area contributed by atoms with E-state index in [1.165, 1.54) is 25.7 Å². The van der Waals surface area contributed by atoms with Crippen LogP contribution in [0.4, 0.5) is 0 Å². The van der Waals surface area contributed by atoms with Gasteiger partial charge in [-0.25, -0.2) is 0 Å².